The van der Waals surface area contributed by atoms with Gasteiger partial charge < -0.3 is 15.8 Å². The summed E-state index contributed by atoms with van der Waals surface area (Å²) < 4.78 is 5.45. The van der Waals surface area contributed by atoms with Crippen molar-refractivity contribution in [3.05, 3.63) is 0 Å². The fourth-order valence-corrected chi connectivity index (χ4v) is 1.89. The first kappa shape index (κ1) is 12.4. The highest BCUT2D eigenvalue weighted by molar-refractivity contribution is 7.80. The van der Waals surface area contributed by atoms with E-state index in [4.69, 9.17) is 22.7 Å². The van der Waals surface area contributed by atoms with E-state index < -0.39 is 0 Å². The highest BCUT2D eigenvalue weighted by Gasteiger charge is 2.32. The molecule has 1 saturated heterocycles. The number of ether oxygens (including phenoxy) is 1. The van der Waals surface area contributed by atoms with Gasteiger partial charge in [0.1, 0.15) is 0 Å². The zero-order valence-corrected chi connectivity index (χ0v) is 9.81. The minimum absolute atomic E-state index is 0.00125. The third-order valence-electron chi connectivity index (χ3n) is 2.62. The van der Waals surface area contributed by atoms with Crippen LogP contribution in [0.2, 0.25) is 0 Å². The molecule has 0 aromatic rings. The number of thiocarbonyl (C=S) groups is 1. The highest BCUT2D eigenvalue weighted by Crippen LogP contribution is 2.23. The largest absolute Gasteiger partial charge is 0.393 e. The maximum Gasteiger partial charge on any atom is 0.225 e. The van der Waals surface area contributed by atoms with Gasteiger partial charge in [0.15, 0.2) is 0 Å². The van der Waals surface area contributed by atoms with Gasteiger partial charge in [0, 0.05) is 19.6 Å². The summed E-state index contributed by atoms with van der Waals surface area (Å²) in [5.74, 6) is 0.0666. The van der Waals surface area contributed by atoms with Crippen molar-refractivity contribution in [3.8, 4) is 0 Å². The van der Waals surface area contributed by atoms with Crippen LogP contribution in [0.4, 0.5) is 0 Å². The Hall–Kier alpha value is -0.680. The molecule has 0 spiro atoms. The summed E-state index contributed by atoms with van der Waals surface area (Å²) in [6.45, 7) is 3.25. The Morgan fingerprint density at radius 2 is 2.40 bits per heavy atom. The zero-order chi connectivity index (χ0) is 11.3. The number of rotatable bonds is 5. The molecule has 1 rings (SSSR count). The van der Waals surface area contributed by atoms with E-state index in [1.54, 1.807) is 0 Å². The minimum atomic E-state index is 0.00125. The molecular weight excluding hydrogens is 212 g/mol. The smallest absolute Gasteiger partial charge is 0.225 e. The van der Waals surface area contributed by atoms with Gasteiger partial charge in [-0.25, -0.2) is 0 Å². The van der Waals surface area contributed by atoms with E-state index >= 15 is 0 Å². The molecule has 2 atom stereocenters. The molecule has 0 bridgehead atoms. The number of carbonyl (C=O) groups excluding carboxylic acids is 1. The van der Waals surface area contributed by atoms with E-state index in [0.29, 0.717) is 24.6 Å². The molecule has 1 aliphatic rings. The maximum atomic E-state index is 11.7. The third kappa shape index (κ3) is 3.76. The number of carbonyl (C=O) groups is 1. The van der Waals surface area contributed by atoms with E-state index in [1.165, 1.54) is 0 Å². The van der Waals surface area contributed by atoms with Crippen LogP contribution in [-0.2, 0) is 9.53 Å². The van der Waals surface area contributed by atoms with Crippen LogP contribution in [0.1, 0.15) is 26.2 Å². The van der Waals surface area contributed by atoms with E-state index in [9.17, 15) is 4.79 Å². The molecule has 0 saturated carbocycles. The molecule has 1 amide bonds. The van der Waals surface area contributed by atoms with Gasteiger partial charge >= 0.3 is 0 Å². The van der Waals surface area contributed by atoms with E-state index in [-0.39, 0.29) is 17.9 Å². The molecular formula is C10H18N2O2S. The Kier molecular flexibility index (Phi) is 4.98. The lowest BCUT2D eigenvalue weighted by Crippen LogP contribution is -2.36. The van der Waals surface area contributed by atoms with Gasteiger partial charge in [-0.1, -0.05) is 19.1 Å². The predicted octanol–water partition coefficient (Wildman–Crippen LogP) is 0.594. The Balaban J connectivity index is 2.29. The fraction of sp³-hybridized carbons (Fsp3) is 0.800. The predicted molar refractivity (Wildman–Crippen MR) is 62.6 cm³/mol. The van der Waals surface area contributed by atoms with Gasteiger partial charge in [-0.05, 0) is 12.8 Å². The topological polar surface area (TPSA) is 64.3 Å². The van der Waals surface area contributed by atoms with E-state index in [1.807, 2.05) is 6.92 Å². The van der Waals surface area contributed by atoms with Gasteiger partial charge in [0.2, 0.25) is 5.91 Å². The Labute approximate surface area is 95.5 Å². The lowest BCUT2D eigenvalue weighted by atomic mass is 9.99. The van der Waals surface area contributed by atoms with Gasteiger partial charge in [0.25, 0.3) is 0 Å². The lowest BCUT2D eigenvalue weighted by molar-refractivity contribution is -0.126. The summed E-state index contributed by atoms with van der Waals surface area (Å²) in [5, 5.41) is 2.83. The standard InChI is InChI=1S/C10H18N2O2S/c1-2-8-7(4-6-14-8)10(13)12-5-3-9(11)15/h7-8H,2-6H2,1H3,(H2,11,15)(H,12,13). The minimum Gasteiger partial charge on any atom is -0.393 e. The van der Waals surface area contributed by atoms with Crippen molar-refractivity contribution in [1.82, 2.24) is 5.32 Å². The molecule has 0 aliphatic carbocycles. The second kappa shape index (κ2) is 6.02. The van der Waals surface area contributed by atoms with Crippen LogP contribution < -0.4 is 11.1 Å². The van der Waals surface area contributed by atoms with Crippen molar-refractivity contribution in [2.75, 3.05) is 13.2 Å². The summed E-state index contributed by atoms with van der Waals surface area (Å²) in [7, 11) is 0. The molecule has 1 aliphatic heterocycles. The maximum absolute atomic E-state index is 11.7. The zero-order valence-electron chi connectivity index (χ0n) is 8.99. The first-order valence-electron chi connectivity index (χ1n) is 5.32. The van der Waals surface area contributed by atoms with Crippen molar-refractivity contribution in [2.45, 2.75) is 32.3 Å². The number of nitrogens with two attached hydrogens (primary N) is 1. The monoisotopic (exact) mass is 230 g/mol. The highest BCUT2D eigenvalue weighted by atomic mass is 32.1. The molecule has 86 valence electrons. The summed E-state index contributed by atoms with van der Waals surface area (Å²) in [6, 6.07) is 0. The van der Waals surface area contributed by atoms with Crippen molar-refractivity contribution >= 4 is 23.1 Å². The summed E-state index contributed by atoms with van der Waals surface area (Å²) in [4.78, 5) is 12.2. The average molecular weight is 230 g/mol. The van der Waals surface area contributed by atoms with Gasteiger partial charge in [0.05, 0.1) is 17.0 Å². The Morgan fingerprint density at radius 1 is 1.67 bits per heavy atom. The van der Waals surface area contributed by atoms with Crippen LogP contribution in [0.5, 0.6) is 0 Å². The molecule has 0 aromatic heterocycles. The van der Waals surface area contributed by atoms with Crippen LogP contribution >= 0.6 is 12.2 Å². The molecule has 5 heteroatoms. The summed E-state index contributed by atoms with van der Waals surface area (Å²) >= 11 is 4.73. The second-order valence-electron chi connectivity index (χ2n) is 3.72. The van der Waals surface area contributed by atoms with Crippen LogP contribution in [0.3, 0.4) is 0 Å². The first-order chi connectivity index (χ1) is 7.15. The van der Waals surface area contributed by atoms with Crippen LogP contribution in [0.15, 0.2) is 0 Å². The van der Waals surface area contributed by atoms with Crippen LogP contribution in [0, 0.1) is 5.92 Å². The summed E-state index contributed by atoms with van der Waals surface area (Å²) in [6.07, 6.45) is 2.34. The van der Waals surface area contributed by atoms with E-state index in [2.05, 4.69) is 5.32 Å². The van der Waals surface area contributed by atoms with Crippen LogP contribution in [0.25, 0.3) is 0 Å². The average Bonchev–Trinajstić information content (AvgIpc) is 2.64. The van der Waals surface area contributed by atoms with Gasteiger partial charge in [-0.3, -0.25) is 4.79 Å². The summed E-state index contributed by atoms with van der Waals surface area (Å²) in [5.41, 5.74) is 5.34. The van der Waals surface area contributed by atoms with Crippen molar-refractivity contribution in [3.63, 3.8) is 0 Å². The molecule has 0 aromatic carbocycles. The Bertz CT molecular complexity index is 246. The number of hydrogen-bond donors (Lipinski definition) is 2. The quantitative estimate of drug-likeness (QED) is 0.679. The van der Waals surface area contributed by atoms with Gasteiger partial charge in [-0.2, -0.15) is 0 Å². The number of nitrogens with one attached hydrogen (secondary N) is 1. The van der Waals surface area contributed by atoms with Gasteiger partial charge in [-0.15, -0.1) is 0 Å². The SMILES string of the molecule is CCC1OCCC1C(=O)NCCC(N)=S. The van der Waals surface area contributed by atoms with Crippen molar-refractivity contribution < 1.29 is 9.53 Å². The van der Waals surface area contributed by atoms with E-state index in [0.717, 1.165) is 12.8 Å². The molecule has 3 N–H and O–H groups in total. The van der Waals surface area contributed by atoms with Crippen LogP contribution in [-0.4, -0.2) is 30.2 Å². The van der Waals surface area contributed by atoms with Crippen molar-refractivity contribution in [2.24, 2.45) is 11.7 Å². The number of hydrogen-bond acceptors (Lipinski definition) is 3. The number of amides is 1. The molecule has 15 heavy (non-hydrogen) atoms. The Morgan fingerprint density at radius 3 is 3.00 bits per heavy atom. The second-order valence-corrected chi connectivity index (χ2v) is 4.24. The lowest BCUT2D eigenvalue weighted by Gasteiger charge is -2.16. The normalized spacial score (nSPS) is 25.1. The molecule has 4 nitrogen and oxygen atoms in total. The molecule has 2 unspecified atom stereocenters. The molecule has 1 fully saturated rings. The first-order valence-corrected chi connectivity index (χ1v) is 5.73. The third-order valence-corrected chi connectivity index (χ3v) is 2.82. The fourth-order valence-electron chi connectivity index (χ4n) is 1.79. The molecule has 1 heterocycles. The van der Waals surface area contributed by atoms with Crippen molar-refractivity contribution in [1.29, 1.82) is 0 Å². The molecule has 0 radical (unpaired) electrons.